The van der Waals surface area contributed by atoms with E-state index in [4.69, 9.17) is 0 Å². The summed E-state index contributed by atoms with van der Waals surface area (Å²) in [5.41, 5.74) is 3.51. The lowest BCUT2D eigenvalue weighted by Crippen LogP contribution is -2.54. The Morgan fingerprint density at radius 2 is 1.92 bits per heavy atom. The predicted octanol–water partition coefficient (Wildman–Crippen LogP) is 2.95. The second kappa shape index (κ2) is 6.83. The van der Waals surface area contributed by atoms with Crippen LogP contribution in [0.5, 0.6) is 0 Å². The van der Waals surface area contributed by atoms with Crippen LogP contribution in [0.3, 0.4) is 0 Å². The Bertz CT molecular complexity index is 834. The van der Waals surface area contributed by atoms with Gasteiger partial charge in [-0.2, -0.15) is 0 Å². The highest BCUT2D eigenvalue weighted by atomic mass is 16.2. The number of likely N-dealkylation sites (N-methyl/N-ethyl adjacent to an activating group) is 1. The van der Waals surface area contributed by atoms with Gasteiger partial charge in [0.2, 0.25) is 5.91 Å². The maximum atomic E-state index is 12.7. The second-order valence-electron chi connectivity index (χ2n) is 6.97. The lowest BCUT2D eigenvalue weighted by atomic mass is 9.96. The minimum atomic E-state index is -0.127. The summed E-state index contributed by atoms with van der Waals surface area (Å²) < 4.78 is 0. The molecule has 1 N–H and O–H groups in total. The molecule has 2 heterocycles. The number of amides is 2. The van der Waals surface area contributed by atoms with Crippen molar-refractivity contribution in [2.24, 2.45) is 0 Å². The molecular weight excluding hydrogens is 326 g/mol. The molecule has 0 aliphatic carbocycles. The van der Waals surface area contributed by atoms with E-state index in [-0.39, 0.29) is 17.9 Å². The molecule has 0 spiro atoms. The summed E-state index contributed by atoms with van der Waals surface area (Å²) in [6.45, 7) is 1.39. The number of hydrogen-bond donors (Lipinski definition) is 1. The van der Waals surface area contributed by atoms with Crippen molar-refractivity contribution >= 4 is 23.2 Å². The molecule has 2 aliphatic heterocycles. The zero-order valence-corrected chi connectivity index (χ0v) is 14.9. The first kappa shape index (κ1) is 16.6. The number of benzene rings is 2. The normalized spacial score (nSPS) is 19.0. The largest absolute Gasteiger partial charge is 0.358 e. The van der Waals surface area contributed by atoms with Gasteiger partial charge in [0.25, 0.3) is 5.91 Å². The van der Waals surface area contributed by atoms with Crippen LogP contribution in [0.1, 0.15) is 35.2 Å². The van der Waals surface area contributed by atoms with Crippen molar-refractivity contribution in [3.05, 3.63) is 59.7 Å². The van der Waals surface area contributed by atoms with Gasteiger partial charge in [0, 0.05) is 25.7 Å². The van der Waals surface area contributed by atoms with E-state index in [1.54, 1.807) is 11.9 Å². The molecule has 0 radical (unpaired) electrons. The van der Waals surface area contributed by atoms with Gasteiger partial charge in [-0.3, -0.25) is 9.59 Å². The van der Waals surface area contributed by atoms with E-state index in [9.17, 15) is 9.59 Å². The van der Waals surface area contributed by atoms with E-state index in [0.29, 0.717) is 12.1 Å². The first-order chi connectivity index (χ1) is 12.6. The quantitative estimate of drug-likeness (QED) is 0.927. The number of carbonyl (C=O) groups excluding carboxylic acids is 2. The zero-order chi connectivity index (χ0) is 18.1. The van der Waals surface area contributed by atoms with Crippen LogP contribution in [0.15, 0.2) is 48.5 Å². The number of hydrogen-bond acceptors (Lipinski definition) is 3. The lowest BCUT2D eigenvalue weighted by molar-refractivity contribution is -0.120. The summed E-state index contributed by atoms with van der Waals surface area (Å²) in [7, 11) is 1.80. The van der Waals surface area contributed by atoms with Gasteiger partial charge in [-0.05, 0) is 43.0 Å². The van der Waals surface area contributed by atoms with Crippen molar-refractivity contribution in [1.82, 2.24) is 5.32 Å². The molecule has 1 saturated heterocycles. The van der Waals surface area contributed by atoms with Gasteiger partial charge in [0.15, 0.2) is 0 Å². The molecule has 2 aliphatic rings. The van der Waals surface area contributed by atoms with E-state index < -0.39 is 0 Å². The van der Waals surface area contributed by atoms with Gasteiger partial charge in [-0.25, -0.2) is 0 Å². The Kier molecular flexibility index (Phi) is 4.37. The number of rotatable bonds is 3. The van der Waals surface area contributed by atoms with E-state index in [1.807, 2.05) is 48.5 Å². The predicted molar refractivity (Wildman–Crippen MR) is 102 cm³/mol. The third kappa shape index (κ3) is 2.94. The molecule has 2 amide bonds. The van der Waals surface area contributed by atoms with Crippen LogP contribution in [-0.2, 0) is 11.3 Å². The maximum absolute atomic E-state index is 12.7. The van der Waals surface area contributed by atoms with Crippen LogP contribution >= 0.6 is 0 Å². The Morgan fingerprint density at radius 1 is 1.12 bits per heavy atom. The molecule has 5 nitrogen and oxygen atoms in total. The SMILES string of the molecule is CN1C(=O)[C@@H]2CCCCN2c2ccc(C(=O)NCc3ccccc3)cc21. The minimum absolute atomic E-state index is 0.0565. The van der Waals surface area contributed by atoms with Crippen LogP contribution in [-0.4, -0.2) is 31.4 Å². The number of anilines is 2. The highest BCUT2D eigenvalue weighted by molar-refractivity contribution is 6.07. The molecule has 0 saturated carbocycles. The third-order valence-corrected chi connectivity index (χ3v) is 5.32. The Balaban J connectivity index is 1.56. The summed E-state index contributed by atoms with van der Waals surface area (Å²) in [4.78, 5) is 29.1. The Labute approximate surface area is 153 Å². The topological polar surface area (TPSA) is 52.7 Å². The molecule has 1 atom stereocenters. The monoisotopic (exact) mass is 349 g/mol. The average molecular weight is 349 g/mol. The summed E-state index contributed by atoms with van der Waals surface area (Å²) in [5, 5.41) is 2.95. The molecule has 4 rings (SSSR count). The molecule has 26 heavy (non-hydrogen) atoms. The summed E-state index contributed by atoms with van der Waals surface area (Å²) in [6, 6.07) is 15.4. The second-order valence-corrected chi connectivity index (χ2v) is 6.97. The molecule has 1 fully saturated rings. The number of fused-ring (bicyclic) bond motifs is 3. The third-order valence-electron chi connectivity index (χ3n) is 5.32. The Hall–Kier alpha value is -2.82. The van der Waals surface area contributed by atoms with E-state index in [1.165, 1.54) is 0 Å². The maximum Gasteiger partial charge on any atom is 0.251 e. The first-order valence-corrected chi connectivity index (χ1v) is 9.15. The number of nitrogens with one attached hydrogen (secondary N) is 1. The molecular formula is C21H23N3O2. The molecule has 5 heteroatoms. The highest BCUT2D eigenvalue weighted by Crippen LogP contribution is 2.39. The highest BCUT2D eigenvalue weighted by Gasteiger charge is 2.37. The number of nitrogens with zero attached hydrogens (tertiary/aromatic N) is 2. The van der Waals surface area contributed by atoms with E-state index in [2.05, 4.69) is 10.2 Å². The van der Waals surface area contributed by atoms with Crippen molar-refractivity contribution in [1.29, 1.82) is 0 Å². The summed E-state index contributed by atoms with van der Waals surface area (Å²) >= 11 is 0. The van der Waals surface area contributed by atoms with E-state index in [0.717, 1.165) is 42.7 Å². The van der Waals surface area contributed by atoms with Crippen molar-refractivity contribution in [3.8, 4) is 0 Å². The van der Waals surface area contributed by atoms with Crippen LogP contribution in [0, 0.1) is 0 Å². The van der Waals surface area contributed by atoms with Crippen LogP contribution in [0.25, 0.3) is 0 Å². The van der Waals surface area contributed by atoms with Gasteiger partial charge < -0.3 is 15.1 Å². The fourth-order valence-corrected chi connectivity index (χ4v) is 3.88. The number of piperidine rings is 1. The van der Waals surface area contributed by atoms with Crippen molar-refractivity contribution in [3.63, 3.8) is 0 Å². The fourth-order valence-electron chi connectivity index (χ4n) is 3.88. The van der Waals surface area contributed by atoms with Crippen molar-refractivity contribution < 1.29 is 9.59 Å². The smallest absolute Gasteiger partial charge is 0.251 e. The van der Waals surface area contributed by atoms with Gasteiger partial charge >= 0.3 is 0 Å². The molecule has 0 aromatic heterocycles. The Morgan fingerprint density at radius 3 is 2.73 bits per heavy atom. The molecule has 0 unspecified atom stereocenters. The summed E-state index contributed by atoms with van der Waals surface area (Å²) in [5.74, 6) is -0.00249. The molecule has 134 valence electrons. The molecule has 0 bridgehead atoms. The first-order valence-electron chi connectivity index (χ1n) is 9.15. The van der Waals surface area contributed by atoms with Gasteiger partial charge in [0.05, 0.1) is 11.4 Å². The summed E-state index contributed by atoms with van der Waals surface area (Å²) in [6.07, 6.45) is 3.10. The van der Waals surface area contributed by atoms with Crippen LogP contribution < -0.4 is 15.1 Å². The van der Waals surface area contributed by atoms with Crippen molar-refractivity contribution in [2.75, 3.05) is 23.4 Å². The minimum Gasteiger partial charge on any atom is -0.358 e. The van der Waals surface area contributed by atoms with Gasteiger partial charge in [-0.15, -0.1) is 0 Å². The average Bonchev–Trinajstić information content (AvgIpc) is 2.70. The van der Waals surface area contributed by atoms with Crippen LogP contribution in [0.4, 0.5) is 11.4 Å². The fraction of sp³-hybridized carbons (Fsp3) is 0.333. The van der Waals surface area contributed by atoms with Crippen molar-refractivity contribution in [2.45, 2.75) is 31.8 Å². The standard InChI is InChI=1S/C21H23N3O2/c1-23-19-13-16(20(25)22-14-15-7-3-2-4-8-15)10-11-17(19)24-12-6-5-9-18(24)21(23)26/h2-4,7-8,10-11,13,18H,5-6,9,12,14H2,1H3,(H,22,25)/t18-/m0/s1. The lowest BCUT2D eigenvalue weighted by Gasteiger charge is -2.44. The zero-order valence-electron chi connectivity index (χ0n) is 14.9. The van der Waals surface area contributed by atoms with Crippen LogP contribution in [0.2, 0.25) is 0 Å². The van der Waals surface area contributed by atoms with Gasteiger partial charge in [0.1, 0.15) is 6.04 Å². The number of carbonyl (C=O) groups is 2. The van der Waals surface area contributed by atoms with E-state index >= 15 is 0 Å². The molecule has 2 aromatic carbocycles. The molecule has 2 aromatic rings. The van der Waals surface area contributed by atoms with Gasteiger partial charge in [-0.1, -0.05) is 30.3 Å².